The Morgan fingerprint density at radius 3 is 1.64 bits per heavy atom. The lowest BCUT2D eigenvalue weighted by Crippen LogP contribution is -2.07. The summed E-state index contributed by atoms with van der Waals surface area (Å²) in [4.78, 5) is 46.3. The SMILES string of the molecule is C=CC(=O)Oc1ccc(/C=C/COc2ccc(OC(=O)C=C)cc2OC(=O)C=C)c(OC(=O)C=C)c1. The third-order valence-corrected chi connectivity index (χ3v) is 4.06. The molecule has 0 bridgehead atoms. The van der Waals surface area contributed by atoms with E-state index in [1.165, 1.54) is 30.3 Å². The summed E-state index contributed by atoms with van der Waals surface area (Å²) in [6.07, 6.45) is 7.13. The van der Waals surface area contributed by atoms with Crippen LogP contribution in [0.4, 0.5) is 0 Å². The molecule has 36 heavy (non-hydrogen) atoms. The number of ether oxygens (including phenoxy) is 5. The molecule has 0 aliphatic heterocycles. The van der Waals surface area contributed by atoms with Crippen LogP contribution in [-0.4, -0.2) is 30.5 Å². The van der Waals surface area contributed by atoms with E-state index in [1.54, 1.807) is 18.2 Å². The summed E-state index contributed by atoms with van der Waals surface area (Å²) >= 11 is 0. The van der Waals surface area contributed by atoms with E-state index in [1.807, 2.05) is 0 Å². The molecule has 9 nitrogen and oxygen atoms in total. The normalized spacial score (nSPS) is 10.0. The molecule has 2 aromatic carbocycles. The number of carbonyl (C=O) groups excluding carboxylic acids is 4. The zero-order valence-corrected chi connectivity index (χ0v) is 19.1. The molecule has 0 N–H and O–H groups in total. The largest absolute Gasteiger partial charge is 0.486 e. The summed E-state index contributed by atoms with van der Waals surface area (Å²) < 4.78 is 26.1. The van der Waals surface area contributed by atoms with Gasteiger partial charge in [-0.1, -0.05) is 32.4 Å². The number of hydrogen-bond donors (Lipinski definition) is 0. The van der Waals surface area contributed by atoms with Gasteiger partial charge < -0.3 is 23.7 Å². The monoisotopic (exact) mass is 490 g/mol. The molecule has 0 saturated heterocycles. The van der Waals surface area contributed by atoms with Gasteiger partial charge in [-0.05, 0) is 30.3 Å². The van der Waals surface area contributed by atoms with Gasteiger partial charge in [0.25, 0.3) is 0 Å². The molecule has 0 aliphatic carbocycles. The van der Waals surface area contributed by atoms with Crippen molar-refractivity contribution in [2.45, 2.75) is 0 Å². The number of rotatable bonds is 12. The molecule has 0 spiro atoms. The Hall–Kier alpha value is -5.18. The Morgan fingerprint density at radius 2 is 1.08 bits per heavy atom. The zero-order valence-electron chi connectivity index (χ0n) is 19.1. The summed E-state index contributed by atoms with van der Waals surface area (Å²) in [5.41, 5.74) is 0.470. The van der Waals surface area contributed by atoms with E-state index in [-0.39, 0.29) is 35.4 Å². The first-order valence-electron chi connectivity index (χ1n) is 10.2. The van der Waals surface area contributed by atoms with Crippen molar-refractivity contribution < 1.29 is 42.9 Å². The highest BCUT2D eigenvalue weighted by molar-refractivity contribution is 5.86. The van der Waals surface area contributed by atoms with Gasteiger partial charge in [0.2, 0.25) is 0 Å². The fourth-order valence-corrected chi connectivity index (χ4v) is 2.48. The van der Waals surface area contributed by atoms with Crippen molar-refractivity contribution in [1.82, 2.24) is 0 Å². The van der Waals surface area contributed by atoms with Gasteiger partial charge in [-0.2, -0.15) is 0 Å². The molecule has 2 aromatic rings. The van der Waals surface area contributed by atoms with Gasteiger partial charge in [0, 0.05) is 42.0 Å². The average Bonchev–Trinajstić information content (AvgIpc) is 2.88. The highest BCUT2D eigenvalue weighted by atomic mass is 16.6. The van der Waals surface area contributed by atoms with Crippen LogP contribution in [0.3, 0.4) is 0 Å². The summed E-state index contributed by atoms with van der Waals surface area (Å²) in [6.45, 7) is 13.3. The minimum atomic E-state index is -0.742. The molecule has 0 fully saturated rings. The molecule has 2 rings (SSSR count). The Bertz CT molecular complexity index is 1240. The molecule has 0 aromatic heterocycles. The van der Waals surface area contributed by atoms with Crippen LogP contribution < -0.4 is 23.7 Å². The van der Waals surface area contributed by atoms with Crippen molar-refractivity contribution >= 4 is 30.0 Å². The Morgan fingerprint density at radius 1 is 0.611 bits per heavy atom. The van der Waals surface area contributed by atoms with E-state index >= 15 is 0 Å². The van der Waals surface area contributed by atoms with Gasteiger partial charge in [0.15, 0.2) is 11.5 Å². The fraction of sp³-hybridized carbons (Fsp3) is 0.0370. The lowest BCUT2D eigenvalue weighted by atomic mass is 10.1. The molecule has 0 atom stereocenters. The van der Waals surface area contributed by atoms with Crippen molar-refractivity contribution in [3.05, 3.63) is 98.7 Å². The molecule has 184 valence electrons. The second kappa shape index (κ2) is 13.5. The summed E-state index contributed by atoms with van der Waals surface area (Å²) in [7, 11) is 0. The minimum absolute atomic E-state index is 0.00310. The van der Waals surface area contributed by atoms with Crippen LogP contribution in [0.2, 0.25) is 0 Å². The molecular weight excluding hydrogens is 468 g/mol. The van der Waals surface area contributed by atoms with Crippen LogP contribution in [0, 0.1) is 0 Å². The number of carbonyl (C=O) groups is 4. The van der Waals surface area contributed by atoms with Crippen LogP contribution in [-0.2, 0) is 19.2 Å². The van der Waals surface area contributed by atoms with Gasteiger partial charge >= 0.3 is 23.9 Å². The number of benzene rings is 2. The Balaban J connectivity index is 2.21. The first kappa shape index (κ1) is 27.1. The van der Waals surface area contributed by atoms with Gasteiger partial charge in [0.1, 0.15) is 23.9 Å². The third kappa shape index (κ3) is 8.31. The van der Waals surface area contributed by atoms with Gasteiger partial charge in [-0.15, -0.1) is 0 Å². The lowest BCUT2D eigenvalue weighted by molar-refractivity contribution is -0.130. The van der Waals surface area contributed by atoms with E-state index in [0.717, 1.165) is 24.3 Å². The van der Waals surface area contributed by atoms with Crippen molar-refractivity contribution in [3.8, 4) is 28.7 Å². The molecule has 0 heterocycles. The lowest BCUT2D eigenvalue weighted by Gasteiger charge is -2.11. The van der Waals surface area contributed by atoms with Gasteiger partial charge in [0.05, 0.1) is 0 Å². The van der Waals surface area contributed by atoms with Gasteiger partial charge in [-0.25, -0.2) is 19.2 Å². The van der Waals surface area contributed by atoms with Crippen LogP contribution in [0.1, 0.15) is 5.56 Å². The predicted octanol–water partition coefficient (Wildman–Crippen LogP) is 4.14. The van der Waals surface area contributed by atoms with Crippen molar-refractivity contribution in [3.63, 3.8) is 0 Å². The first-order valence-corrected chi connectivity index (χ1v) is 10.2. The first-order chi connectivity index (χ1) is 17.3. The molecule has 0 saturated carbocycles. The fourth-order valence-electron chi connectivity index (χ4n) is 2.48. The third-order valence-electron chi connectivity index (χ3n) is 4.06. The second-order valence-electron chi connectivity index (χ2n) is 6.52. The summed E-state index contributed by atoms with van der Waals surface area (Å²) in [6, 6.07) is 8.63. The highest BCUT2D eigenvalue weighted by Gasteiger charge is 2.13. The maximum Gasteiger partial charge on any atom is 0.335 e. The molecule has 0 radical (unpaired) electrons. The van der Waals surface area contributed by atoms with Crippen molar-refractivity contribution in [2.24, 2.45) is 0 Å². The Kier molecular flexibility index (Phi) is 10.2. The molecule has 0 aliphatic rings. The molecular formula is C27H22O9. The van der Waals surface area contributed by atoms with Gasteiger partial charge in [-0.3, -0.25) is 0 Å². The van der Waals surface area contributed by atoms with E-state index in [0.29, 0.717) is 5.56 Å². The van der Waals surface area contributed by atoms with Crippen LogP contribution in [0.15, 0.2) is 93.1 Å². The molecule has 0 unspecified atom stereocenters. The van der Waals surface area contributed by atoms with E-state index < -0.39 is 23.9 Å². The minimum Gasteiger partial charge on any atom is -0.486 e. The highest BCUT2D eigenvalue weighted by Crippen LogP contribution is 2.32. The average molecular weight is 490 g/mol. The molecule has 0 amide bonds. The van der Waals surface area contributed by atoms with Crippen molar-refractivity contribution in [1.29, 1.82) is 0 Å². The number of hydrogen-bond acceptors (Lipinski definition) is 9. The molecule has 9 heteroatoms. The maximum atomic E-state index is 11.7. The maximum absolute atomic E-state index is 11.7. The van der Waals surface area contributed by atoms with E-state index in [2.05, 4.69) is 26.3 Å². The standard InChI is InChI=1S/C27H22O9/c1-5-24(28)33-19-12-11-18(22(16-19)35-26(30)7-3)10-9-15-32-21-14-13-20(34-25(29)6-2)17-23(21)36-27(31)8-4/h5-14,16-17H,1-4,15H2/b10-9+. The topological polar surface area (TPSA) is 114 Å². The summed E-state index contributed by atoms with van der Waals surface area (Å²) in [5.74, 6) is -2.27. The summed E-state index contributed by atoms with van der Waals surface area (Å²) in [5, 5.41) is 0. The second-order valence-corrected chi connectivity index (χ2v) is 6.52. The zero-order chi connectivity index (χ0) is 26.5. The quantitative estimate of drug-likeness (QED) is 0.246. The van der Waals surface area contributed by atoms with Crippen LogP contribution in [0.25, 0.3) is 6.08 Å². The van der Waals surface area contributed by atoms with Crippen LogP contribution in [0.5, 0.6) is 28.7 Å². The van der Waals surface area contributed by atoms with Crippen LogP contribution >= 0.6 is 0 Å². The van der Waals surface area contributed by atoms with E-state index in [9.17, 15) is 19.2 Å². The predicted molar refractivity (Wildman–Crippen MR) is 131 cm³/mol. The number of esters is 4. The van der Waals surface area contributed by atoms with E-state index in [4.69, 9.17) is 23.7 Å². The Labute approximate surface area is 207 Å². The smallest absolute Gasteiger partial charge is 0.335 e. The van der Waals surface area contributed by atoms with Crippen molar-refractivity contribution in [2.75, 3.05) is 6.61 Å².